The number of anilines is 2. The summed E-state index contributed by atoms with van der Waals surface area (Å²) in [5.74, 6) is 1.80. The zero-order valence-corrected chi connectivity index (χ0v) is 12.6. The first kappa shape index (κ1) is 14.2. The normalized spacial score (nSPS) is 10.4. The largest absolute Gasteiger partial charge is 0.307 e. The van der Waals surface area contributed by atoms with Crippen molar-refractivity contribution in [1.29, 1.82) is 0 Å². The van der Waals surface area contributed by atoms with E-state index in [1.807, 2.05) is 60.9 Å². The van der Waals surface area contributed by atoms with Crippen LogP contribution in [0, 0.1) is 0 Å². The summed E-state index contributed by atoms with van der Waals surface area (Å²) in [6.07, 6.45) is 6.33. The van der Waals surface area contributed by atoms with Gasteiger partial charge in [0, 0.05) is 24.3 Å². The highest BCUT2D eigenvalue weighted by molar-refractivity contribution is 5.56. The molecule has 3 rings (SSSR count). The Kier molecular flexibility index (Phi) is 4.39. The maximum atomic E-state index is 4.73. The Morgan fingerprint density at radius 2 is 1.68 bits per heavy atom. The molecule has 4 heteroatoms. The monoisotopic (exact) mass is 290 g/mol. The van der Waals surface area contributed by atoms with E-state index in [2.05, 4.69) is 21.8 Å². The Morgan fingerprint density at radius 3 is 2.41 bits per heavy atom. The molecule has 0 N–H and O–H groups in total. The smallest absolute Gasteiger partial charge is 0.134 e. The predicted molar refractivity (Wildman–Crippen MR) is 87.9 cm³/mol. The van der Waals surface area contributed by atoms with Gasteiger partial charge < -0.3 is 4.90 Å². The number of pyridine rings is 3. The molecular weight excluding hydrogens is 272 g/mol. The second kappa shape index (κ2) is 6.80. The van der Waals surface area contributed by atoms with Gasteiger partial charge in [-0.2, -0.15) is 0 Å². The van der Waals surface area contributed by atoms with E-state index >= 15 is 0 Å². The molecule has 0 saturated carbocycles. The Morgan fingerprint density at radius 1 is 0.864 bits per heavy atom. The third-order valence-corrected chi connectivity index (χ3v) is 3.45. The van der Waals surface area contributed by atoms with Gasteiger partial charge in [0.2, 0.25) is 0 Å². The van der Waals surface area contributed by atoms with E-state index in [9.17, 15) is 0 Å². The number of hydrogen-bond donors (Lipinski definition) is 0. The molecular formula is C18H18N4. The molecule has 0 bridgehead atoms. The molecule has 0 saturated heterocycles. The third-order valence-electron chi connectivity index (χ3n) is 3.45. The van der Waals surface area contributed by atoms with E-state index in [4.69, 9.17) is 4.98 Å². The number of rotatable bonds is 5. The molecule has 0 radical (unpaired) electrons. The van der Waals surface area contributed by atoms with Gasteiger partial charge in [0.1, 0.15) is 11.6 Å². The molecule has 0 unspecified atom stereocenters. The van der Waals surface area contributed by atoms with Crippen LogP contribution in [0.3, 0.4) is 0 Å². The molecule has 0 aliphatic rings. The number of aryl methyl sites for hydroxylation is 1. The van der Waals surface area contributed by atoms with E-state index in [1.54, 1.807) is 6.20 Å². The van der Waals surface area contributed by atoms with Crippen molar-refractivity contribution in [2.24, 2.45) is 0 Å². The first-order chi connectivity index (χ1) is 10.9. The fourth-order valence-electron chi connectivity index (χ4n) is 2.28. The Bertz CT molecular complexity index is 713. The van der Waals surface area contributed by atoms with E-state index in [1.165, 1.54) is 5.56 Å². The fraction of sp³-hybridized carbons (Fsp3) is 0.167. The Hall–Kier alpha value is -2.75. The van der Waals surface area contributed by atoms with Crippen molar-refractivity contribution in [3.63, 3.8) is 0 Å². The summed E-state index contributed by atoms with van der Waals surface area (Å²) < 4.78 is 0. The molecule has 3 aromatic heterocycles. The highest BCUT2D eigenvalue weighted by atomic mass is 15.2. The minimum Gasteiger partial charge on any atom is -0.307 e. The van der Waals surface area contributed by atoms with Crippen molar-refractivity contribution < 1.29 is 0 Å². The summed E-state index contributed by atoms with van der Waals surface area (Å²) in [7, 11) is 0. The SMILES string of the molecule is CCc1cccc(N(Cc2ccncc2)c2ccccn2)n1. The van der Waals surface area contributed by atoms with E-state index < -0.39 is 0 Å². The van der Waals surface area contributed by atoms with Gasteiger partial charge in [-0.25, -0.2) is 9.97 Å². The van der Waals surface area contributed by atoms with Crippen LogP contribution in [0.15, 0.2) is 67.1 Å². The van der Waals surface area contributed by atoms with E-state index in [0.29, 0.717) is 6.54 Å². The molecule has 0 atom stereocenters. The molecule has 4 nitrogen and oxygen atoms in total. The maximum Gasteiger partial charge on any atom is 0.134 e. The lowest BCUT2D eigenvalue weighted by molar-refractivity contribution is 0.903. The number of aromatic nitrogens is 3. The summed E-state index contributed by atoms with van der Waals surface area (Å²) in [4.78, 5) is 15.4. The van der Waals surface area contributed by atoms with E-state index in [0.717, 1.165) is 23.8 Å². The van der Waals surface area contributed by atoms with Crippen LogP contribution in [0.4, 0.5) is 11.6 Å². The number of hydrogen-bond acceptors (Lipinski definition) is 4. The molecule has 0 fully saturated rings. The van der Waals surface area contributed by atoms with Crippen molar-refractivity contribution in [3.05, 3.63) is 78.4 Å². The second-order valence-corrected chi connectivity index (χ2v) is 4.97. The number of nitrogens with zero attached hydrogens (tertiary/aromatic N) is 4. The lowest BCUT2D eigenvalue weighted by atomic mass is 10.2. The van der Waals surface area contributed by atoms with E-state index in [-0.39, 0.29) is 0 Å². The van der Waals surface area contributed by atoms with Crippen LogP contribution in [0.5, 0.6) is 0 Å². The minimum atomic E-state index is 0.708. The second-order valence-electron chi connectivity index (χ2n) is 4.97. The molecule has 3 heterocycles. The molecule has 0 amide bonds. The van der Waals surface area contributed by atoms with Gasteiger partial charge in [0.25, 0.3) is 0 Å². The predicted octanol–water partition coefficient (Wildman–Crippen LogP) is 3.77. The van der Waals surface area contributed by atoms with Gasteiger partial charge in [0.15, 0.2) is 0 Å². The summed E-state index contributed by atoms with van der Waals surface area (Å²) in [6, 6.07) is 16.1. The first-order valence-corrected chi connectivity index (χ1v) is 7.40. The summed E-state index contributed by atoms with van der Waals surface area (Å²) in [5, 5.41) is 0. The standard InChI is InChI=1S/C18H18N4/c1-2-16-6-5-8-18(21-16)22(17-7-3-4-11-20-17)14-15-9-12-19-13-10-15/h3-13H,2,14H2,1H3. The minimum absolute atomic E-state index is 0.708. The first-order valence-electron chi connectivity index (χ1n) is 7.40. The Labute approximate surface area is 130 Å². The van der Waals surface area contributed by atoms with Crippen molar-refractivity contribution in [3.8, 4) is 0 Å². The Balaban J connectivity index is 1.99. The molecule has 0 aliphatic heterocycles. The van der Waals surface area contributed by atoms with Gasteiger partial charge in [-0.1, -0.05) is 19.1 Å². The third kappa shape index (κ3) is 3.28. The average Bonchev–Trinajstić information content (AvgIpc) is 2.61. The van der Waals surface area contributed by atoms with Crippen molar-refractivity contribution in [1.82, 2.24) is 15.0 Å². The van der Waals surface area contributed by atoms with Crippen LogP contribution in [0.1, 0.15) is 18.2 Å². The molecule has 3 aromatic rings. The van der Waals surface area contributed by atoms with Crippen molar-refractivity contribution >= 4 is 11.6 Å². The van der Waals surface area contributed by atoms with Gasteiger partial charge in [-0.05, 0) is 48.4 Å². The molecule has 0 aromatic carbocycles. The van der Waals surface area contributed by atoms with Crippen LogP contribution < -0.4 is 4.90 Å². The van der Waals surface area contributed by atoms with Gasteiger partial charge in [-0.15, -0.1) is 0 Å². The van der Waals surface area contributed by atoms with Gasteiger partial charge in [0.05, 0.1) is 6.54 Å². The van der Waals surface area contributed by atoms with Crippen LogP contribution in [0.25, 0.3) is 0 Å². The summed E-state index contributed by atoms with van der Waals surface area (Å²) in [5.41, 5.74) is 2.25. The van der Waals surface area contributed by atoms with Crippen molar-refractivity contribution in [2.75, 3.05) is 4.90 Å². The zero-order valence-electron chi connectivity index (χ0n) is 12.6. The average molecular weight is 290 g/mol. The highest BCUT2D eigenvalue weighted by Gasteiger charge is 2.12. The van der Waals surface area contributed by atoms with Crippen LogP contribution in [-0.4, -0.2) is 15.0 Å². The van der Waals surface area contributed by atoms with Crippen LogP contribution in [-0.2, 0) is 13.0 Å². The van der Waals surface area contributed by atoms with Gasteiger partial charge in [-0.3, -0.25) is 4.98 Å². The van der Waals surface area contributed by atoms with Crippen LogP contribution in [0.2, 0.25) is 0 Å². The molecule has 110 valence electrons. The highest BCUT2D eigenvalue weighted by Crippen LogP contribution is 2.24. The molecule has 0 aliphatic carbocycles. The fourth-order valence-corrected chi connectivity index (χ4v) is 2.28. The zero-order chi connectivity index (χ0) is 15.2. The summed E-state index contributed by atoms with van der Waals surface area (Å²) >= 11 is 0. The topological polar surface area (TPSA) is 41.9 Å². The van der Waals surface area contributed by atoms with Crippen molar-refractivity contribution in [2.45, 2.75) is 19.9 Å². The molecule has 0 spiro atoms. The van der Waals surface area contributed by atoms with Crippen LogP contribution >= 0.6 is 0 Å². The quantitative estimate of drug-likeness (QED) is 0.717. The summed E-state index contributed by atoms with van der Waals surface area (Å²) in [6.45, 7) is 2.82. The lowest BCUT2D eigenvalue weighted by Crippen LogP contribution is -2.19. The van der Waals surface area contributed by atoms with Gasteiger partial charge >= 0.3 is 0 Å². The lowest BCUT2D eigenvalue weighted by Gasteiger charge is -2.23. The molecule has 22 heavy (non-hydrogen) atoms. The maximum absolute atomic E-state index is 4.73.